The Morgan fingerprint density at radius 2 is 1.83 bits per heavy atom. The van der Waals surface area contributed by atoms with Crippen LogP contribution in [0.1, 0.15) is 30.9 Å². The smallest absolute Gasteiger partial charge is 0.242 e. The van der Waals surface area contributed by atoms with Crippen LogP contribution in [-0.4, -0.2) is 43.5 Å². The normalized spacial score (nSPS) is 11.4. The van der Waals surface area contributed by atoms with Crippen LogP contribution in [0.4, 0.5) is 0 Å². The topological polar surface area (TPSA) is 67.9 Å². The van der Waals surface area contributed by atoms with Crippen molar-refractivity contribution in [1.29, 1.82) is 0 Å². The average Bonchev–Trinajstić information content (AvgIpc) is 2.75. The maximum atomic E-state index is 12.9. The molecule has 0 aliphatic rings. The fourth-order valence-electron chi connectivity index (χ4n) is 2.95. The van der Waals surface area contributed by atoms with E-state index in [4.69, 9.17) is 9.47 Å². The SMILES string of the molecule is CNC(=O)[C@H](C)N(Cc1cccc(OC)c1)C(=O)CCCOc1ccc(C)cc1. The number of aryl methyl sites for hydroxylation is 1. The summed E-state index contributed by atoms with van der Waals surface area (Å²) in [6.07, 6.45) is 0.874. The quantitative estimate of drug-likeness (QED) is 0.624. The molecule has 0 fully saturated rings. The minimum absolute atomic E-state index is 0.0866. The molecule has 2 aromatic carbocycles. The van der Waals surface area contributed by atoms with Gasteiger partial charge in [-0.05, 0) is 50.1 Å². The Morgan fingerprint density at radius 1 is 1.10 bits per heavy atom. The van der Waals surface area contributed by atoms with E-state index in [9.17, 15) is 9.59 Å². The minimum Gasteiger partial charge on any atom is -0.497 e. The van der Waals surface area contributed by atoms with Gasteiger partial charge in [0.25, 0.3) is 0 Å². The van der Waals surface area contributed by atoms with Gasteiger partial charge in [0.1, 0.15) is 17.5 Å². The highest BCUT2D eigenvalue weighted by atomic mass is 16.5. The highest BCUT2D eigenvalue weighted by Crippen LogP contribution is 2.17. The van der Waals surface area contributed by atoms with Gasteiger partial charge >= 0.3 is 0 Å². The Morgan fingerprint density at radius 3 is 2.48 bits per heavy atom. The number of likely N-dealkylation sites (N-methyl/N-ethyl adjacent to an activating group) is 1. The first-order chi connectivity index (χ1) is 13.9. The van der Waals surface area contributed by atoms with E-state index in [-0.39, 0.29) is 11.8 Å². The Kier molecular flexibility index (Phi) is 8.52. The van der Waals surface area contributed by atoms with Gasteiger partial charge in [0.2, 0.25) is 11.8 Å². The van der Waals surface area contributed by atoms with Crippen molar-refractivity contribution in [2.75, 3.05) is 20.8 Å². The van der Waals surface area contributed by atoms with Gasteiger partial charge in [0, 0.05) is 20.0 Å². The molecule has 0 bridgehead atoms. The number of amides is 2. The molecule has 156 valence electrons. The predicted molar refractivity (Wildman–Crippen MR) is 113 cm³/mol. The van der Waals surface area contributed by atoms with Crippen molar-refractivity contribution in [3.63, 3.8) is 0 Å². The number of carbonyl (C=O) groups excluding carboxylic acids is 2. The van der Waals surface area contributed by atoms with Crippen molar-refractivity contribution in [1.82, 2.24) is 10.2 Å². The van der Waals surface area contributed by atoms with Crippen LogP contribution in [0.25, 0.3) is 0 Å². The van der Waals surface area contributed by atoms with Gasteiger partial charge in [-0.2, -0.15) is 0 Å². The highest BCUT2D eigenvalue weighted by molar-refractivity contribution is 5.87. The number of hydrogen-bond acceptors (Lipinski definition) is 4. The van der Waals surface area contributed by atoms with Gasteiger partial charge in [-0.3, -0.25) is 9.59 Å². The van der Waals surface area contributed by atoms with E-state index in [1.54, 1.807) is 26.0 Å². The summed E-state index contributed by atoms with van der Waals surface area (Å²) in [5.41, 5.74) is 2.08. The molecular formula is C23H30N2O4. The van der Waals surface area contributed by atoms with Gasteiger partial charge in [0.15, 0.2) is 0 Å². The summed E-state index contributed by atoms with van der Waals surface area (Å²) in [4.78, 5) is 26.6. The lowest BCUT2D eigenvalue weighted by atomic mass is 10.1. The zero-order valence-electron chi connectivity index (χ0n) is 17.6. The monoisotopic (exact) mass is 398 g/mol. The molecule has 2 aromatic rings. The Bertz CT molecular complexity index is 805. The van der Waals surface area contributed by atoms with Crippen LogP contribution >= 0.6 is 0 Å². The summed E-state index contributed by atoms with van der Waals surface area (Å²) in [6, 6.07) is 14.7. The molecule has 2 rings (SSSR count). The summed E-state index contributed by atoms with van der Waals surface area (Å²) < 4.78 is 11.0. The maximum absolute atomic E-state index is 12.9. The molecule has 6 nitrogen and oxygen atoms in total. The van der Waals surface area contributed by atoms with Gasteiger partial charge < -0.3 is 19.7 Å². The van der Waals surface area contributed by atoms with E-state index in [1.165, 1.54) is 5.56 Å². The van der Waals surface area contributed by atoms with E-state index in [0.29, 0.717) is 31.7 Å². The van der Waals surface area contributed by atoms with Crippen LogP contribution in [0, 0.1) is 6.92 Å². The summed E-state index contributed by atoms with van der Waals surface area (Å²) in [7, 11) is 3.17. The van der Waals surface area contributed by atoms with Crippen molar-refractivity contribution in [2.24, 2.45) is 0 Å². The molecule has 0 aromatic heterocycles. The number of carbonyl (C=O) groups is 2. The Labute approximate surface area is 172 Å². The number of methoxy groups -OCH3 is 1. The average molecular weight is 399 g/mol. The second-order valence-electron chi connectivity index (χ2n) is 6.93. The number of nitrogens with zero attached hydrogens (tertiary/aromatic N) is 1. The maximum Gasteiger partial charge on any atom is 0.242 e. The highest BCUT2D eigenvalue weighted by Gasteiger charge is 2.25. The van der Waals surface area contributed by atoms with Gasteiger partial charge in [-0.15, -0.1) is 0 Å². The Balaban J connectivity index is 1.97. The first-order valence-electron chi connectivity index (χ1n) is 9.78. The van der Waals surface area contributed by atoms with Crippen molar-refractivity contribution in [3.8, 4) is 11.5 Å². The van der Waals surface area contributed by atoms with E-state index in [1.807, 2.05) is 55.5 Å². The number of hydrogen-bond donors (Lipinski definition) is 1. The second-order valence-corrected chi connectivity index (χ2v) is 6.93. The van der Waals surface area contributed by atoms with Crippen LogP contribution in [0.15, 0.2) is 48.5 Å². The third-order valence-corrected chi connectivity index (χ3v) is 4.73. The van der Waals surface area contributed by atoms with E-state index in [2.05, 4.69) is 5.32 Å². The zero-order valence-corrected chi connectivity index (χ0v) is 17.6. The van der Waals surface area contributed by atoms with Crippen molar-refractivity contribution >= 4 is 11.8 Å². The molecule has 6 heteroatoms. The van der Waals surface area contributed by atoms with Crippen molar-refractivity contribution in [2.45, 2.75) is 39.3 Å². The molecule has 1 atom stereocenters. The number of rotatable bonds is 10. The first kappa shape index (κ1) is 22.3. The van der Waals surface area contributed by atoms with Gasteiger partial charge in [-0.25, -0.2) is 0 Å². The summed E-state index contributed by atoms with van der Waals surface area (Å²) in [5.74, 6) is 1.22. The van der Waals surface area contributed by atoms with E-state index >= 15 is 0 Å². The molecule has 29 heavy (non-hydrogen) atoms. The van der Waals surface area contributed by atoms with Crippen LogP contribution < -0.4 is 14.8 Å². The molecule has 2 amide bonds. The molecule has 0 aliphatic heterocycles. The molecule has 0 aliphatic carbocycles. The molecule has 0 radical (unpaired) electrons. The van der Waals surface area contributed by atoms with Crippen LogP contribution in [-0.2, 0) is 16.1 Å². The standard InChI is InChI=1S/C23H30N2O4/c1-17-10-12-20(13-11-17)29-14-6-9-22(26)25(18(2)23(27)24-3)16-19-7-5-8-21(15-19)28-4/h5,7-8,10-13,15,18H,6,9,14,16H2,1-4H3,(H,24,27)/t18-/m0/s1. The largest absolute Gasteiger partial charge is 0.497 e. The third kappa shape index (κ3) is 6.82. The summed E-state index contributed by atoms with van der Waals surface area (Å²) >= 11 is 0. The molecule has 0 saturated carbocycles. The lowest BCUT2D eigenvalue weighted by Crippen LogP contribution is -2.46. The number of ether oxygens (including phenoxy) is 2. The summed E-state index contributed by atoms with van der Waals surface area (Å²) in [6.45, 7) is 4.53. The number of benzene rings is 2. The van der Waals surface area contributed by atoms with E-state index < -0.39 is 6.04 Å². The molecule has 0 saturated heterocycles. The molecule has 0 heterocycles. The van der Waals surface area contributed by atoms with Gasteiger partial charge in [0.05, 0.1) is 13.7 Å². The third-order valence-electron chi connectivity index (χ3n) is 4.73. The van der Waals surface area contributed by atoms with Crippen LogP contribution in [0.2, 0.25) is 0 Å². The molecule has 0 unspecified atom stereocenters. The Hall–Kier alpha value is -3.02. The molecular weight excluding hydrogens is 368 g/mol. The van der Waals surface area contributed by atoms with Gasteiger partial charge in [-0.1, -0.05) is 29.8 Å². The second kappa shape index (κ2) is 11.1. The van der Waals surface area contributed by atoms with E-state index in [0.717, 1.165) is 11.3 Å². The van der Waals surface area contributed by atoms with Crippen LogP contribution in [0.3, 0.4) is 0 Å². The zero-order chi connectivity index (χ0) is 21.2. The van der Waals surface area contributed by atoms with Crippen molar-refractivity contribution < 1.29 is 19.1 Å². The molecule has 1 N–H and O–H groups in total. The van der Waals surface area contributed by atoms with Crippen molar-refractivity contribution in [3.05, 3.63) is 59.7 Å². The predicted octanol–water partition coefficient (Wildman–Crippen LogP) is 3.33. The lowest BCUT2D eigenvalue weighted by molar-refractivity contribution is -0.140. The lowest BCUT2D eigenvalue weighted by Gasteiger charge is -2.28. The fourth-order valence-corrected chi connectivity index (χ4v) is 2.95. The first-order valence-corrected chi connectivity index (χ1v) is 9.78. The molecule has 0 spiro atoms. The fraction of sp³-hybridized carbons (Fsp3) is 0.391. The van der Waals surface area contributed by atoms with Crippen LogP contribution in [0.5, 0.6) is 11.5 Å². The number of nitrogens with one attached hydrogen (secondary N) is 1. The minimum atomic E-state index is -0.572. The summed E-state index contributed by atoms with van der Waals surface area (Å²) in [5, 5.41) is 2.62.